The Morgan fingerprint density at radius 1 is 1.09 bits per heavy atom. The molecule has 1 aliphatic rings. The molecule has 22 heavy (non-hydrogen) atoms. The van der Waals surface area contributed by atoms with Crippen molar-refractivity contribution in [2.24, 2.45) is 0 Å². The van der Waals surface area contributed by atoms with Gasteiger partial charge in [0.15, 0.2) is 0 Å². The monoisotopic (exact) mass is 352 g/mol. The van der Waals surface area contributed by atoms with Gasteiger partial charge in [0.1, 0.15) is 5.69 Å². The topological polar surface area (TPSA) is 33.2 Å². The molecule has 1 aliphatic heterocycles. The molecule has 3 nitrogen and oxygen atoms in total. The molecule has 3 aromatic rings. The molecule has 108 valence electrons. The zero-order valence-corrected chi connectivity index (χ0v) is 13.4. The first-order valence-corrected chi connectivity index (χ1v) is 7.98. The summed E-state index contributed by atoms with van der Waals surface area (Å²) in [6.07, 6.45) is 0.891. The molecule has 4 rings (SSSR count). The van der Waals surface area contributed by atoms with Crippen molar-refractivity contribution in [1.29, 1.82) is 0 Å². The number of fused-ring (bicyclic) bond motifs is 2. The third kappa shape index (κ3) is 2.20. The summed E-state index contributed by atoms with van der Waals surface area (Å²) >= 11 is 3.48. The molecular formula is C18H13BrN2O. The van der Waals surface area contributed by atoms with E-state index in [-0.39, 0.29) is 5.91 Å². The van der Waals surface area contributed by atoms with Gasteiger partial charge in [-0.1, -0.05) is 46.3 Å². The van der Waals surface area contributed by atoms with E-state index in [1.807, 2.05) is 47.4 Å². The number of rotatable bonds is 1. The van der Waals surface area contributed by atoms with Crippen LogP contribution < -0.4 is 4.90 Å². The minimum Gasteiger partial charge on any atom is -0.306 e. The molecule has 0 bridgehead atoms. The summed E-state index contributed by atoms with van der Waals surface area (Å²) in [5.41, 5.74) is 3.53. The van der Waals surface area contributed by atoms with Crippen LogP contribution in [0.3, 0.4) is 0 Å². The fourth-order valence-corrected chi connectivity index (χ4v) is 3.24. The van der Waals surface area contributed by atoms with Gasteiger partial charge in [0.05, 0.1) is 5.52 Å². The lowest BCUT2D eigenvalue weighted by molar-refractivity contribution is 0.0985. The van der Waals surface area contributed by atoms with Crippen LogP contribution in [0.1, 0.15) is 16.1 Å². The average molecular weight is 353 g/mol. The lowest BCUT2D eigenvalue weighted by atomic mass is 10.1. The summed E-state index contributed by atoms with van der Waals surface area (Å²) < 4.78 is 0.984. The number of para-hydroxylation sites is 1. The van der Waals surface area contributed by atoms with Crippen LogP contribution >= 0.6 is 15.9 Å². The van der Waals surface area contributed by atoms with Crippen molar-refractivity contribution in [3.63, 3.8) is 0 Å². The van der Waals surface area contributed by atoms with Crippen LogP contribution in [0.4, 0.5) is 5.69 Å². The summed E-state index contributed by atoms with van der Waals surface area (Å²) in [4.78, 5) is 19.1. The SMILES string of the molecule is O=C(c1ccc2ccccc2n1)N1CCc2ccc(Br)cc21. The predicted octanol–water partition coefficient (Wildman–Crippen LogP) is 4.20. The van der Waals surface area contributed by atoms with E-state index in [9.17, 15) is 4.79 Å². The summed E-state index contributed by atoms with van der Waals surface area (Å²) in [6.45, 7) is 0.707. The Morgan fingerprint density at radius 2 is 1.95 bits per heavy atom. The standard InChI is InChI=1S/C18H13BrN2O/c19-14-7-5-13-9-10-21(17(13)11-14)18(22)16-8-6-12-3-1-2-4-15(12)20-16/h1-8,11H,9-10H2. The Morgan fingerprint density at radius 3 is 2.86 bits per heavy atom. The number of amides is 1. The third-order valence-electron chi connectivity index (χ3n) is 4.01. The van der Waals surface area contributed by atoms with Crippen molar-refractivity contribution in [2.75, 3.05) is 11.4 Å². The van der Waals surface area contributed by atoms with Crippen molar-refractivity contribution >= 4 is 38.4 Å². The Balaban J connectivity index is 1.74. The maximum atomic E-state index is 12.8. The van der Waals surface area contributed by atoms with Gasteiger partial charge in [-0.3, -0.25) is 4.79 Å². The smallest absolute Gasteiger partial charge is 0.276 e. The minimum atomic E-state index is -0.0393. The molecule has 0 atom stereocenters. The van der Waals surface area contributed by atoms with E-state index < -0.39 is 0 Å². The second-order valence-electron chi connectivity index (χ2n) is 5.37. The molecule has 1 aromatic heterocycles. The maximum Gasteiger partial charge on any atom is 0.276 e. The van der Waals surface area contributed by atoms with Gasteiger partial charge in [-0.25, -0.2) is 4.98 Å². The molecule has 0 spiro atoms. The van der Waals surface area contributed by atoms with E-state index in [0.717, 1.165) is 27.5 Å². The quantitative estimate of drug-likeness (QED) is 0.657. The van der Waals surface area contributed by atoms with Gasteiger partial charge in [0.2, 0.25) is 0 Å². The number of nitrogens with zero attached hydrogens (tertiary/aromatic N) is 2. The van der Waals surface area contributed by atoms with Crippen molar-refractivity contribution < 1.29 is 4.79 Å². The van der Waals surface area contributed by atoms with Crippen molar-refractivity contribution in [3.8, 4) is 0 Å². The minimum absolute atomic E-state index is 0.0393. The Labute approximate surface area is 136 Å². The van der Waals surface area contributed by atoms with Crippen LogP contribution in [0.15, 0.2) is 59.1 Å². The van der Waals surface area contributed by atoms with Gasteiger partial charge in [0.25, 0.3) is 5.91 Å². The highest BCUT2D eigenvalue weighted by molar-refractivity contribution is 9.10. The van der Waals surface area contributed by atoms with Crippen molar-refractivity contribution in [3.05, 3.63) is 70.3 Å². The Hall–Kier alpha value is -2.20. The molecule has 1 amide bonds. The molecule has 4 heteroatoms. The van der Waals surface area contributed by atoms with Gasteiger partial charge in [0, 0.05) is 22.1 Å². The van der Waals surface area contributed by atoms with Crippen molar-refractivity contribution in [2.45, 2.75) is 6.42 Å². The molecule has 0 saturated heterocycles. The summed E-state index contributed by atoms with van der Waals surface area (Å²) in [5.74, 6) is -0.0393. The van der Waals surface area contributed by atoms with Gasteiger partial charge in [-0.05, 0) is 36.2 Å². The van der Waals surface area contributed by atoms with E-state index >= 15 is 0 Å². The van der Waals surface area contributed by atoms with Crippen LogP contribution in [-0.2, 0) is 6.42 Å². The number of carbonyl (C=O) groups excluding carboxylic acids is 1. The Kier molecular flexibility index (Phi) is 3.19. The number of halogens is 1. The highest BCUT2D eigenvalue weighted by Gasteiger charge is 2.26. The first-order chi connectivity index (χ1) is 10.7. The highest BCUT2D eigenvalue weighted by atomic mass is 79.9. The van der Waals surface area contributed by atoms with E-state index in [4.69, 9.17) is 0 Å². The van der Waals surface area contributed by atoms with Gasteiger partial charge < -0.3 is 4.90 Å². The van der Waals surface area contributed by atoms with E-state index in [2.05, 4.69) is 27.0 Å². The molecule has 0 aliphatic carbocycles. The third-order valence-corrected chi connectivity index (χ3v) is 4.50. The number of hydrogen-bond donors (Lipinski definition) is 0. The average Bonchev–Trinajstić information content (AvgIpc) is 2.96. The fraction of sp³-hybridized carbons (Fsp3) is 0.111. The molecule has 0 radical (unpaired) electrons. The number of carbonyl (C=O) groups is 1. The first kappa shape index (κ1) is 13.5. The molecule has 0 N–H and O–H groups in total. The predicted molar refractivity (Wildman–Crippen MR) is 91.3 cm³/mol. The fourth-order valence-electron chi connectivity index (χ4n) is 2.89. The largest absolute Gasteiger partial charge is 0.306 e. The zero-order chi connectivity index (χ0) is 15.1. The van der Waals surface area contributed by atoms with E-state index in [1.165, 1.54) is 5.56 Å². The highest BCUT2D eigenvalue weighted by Crippen LogP contribution is 2.31. The number of hydrogen-bond acceptors (Lipinski definition) is 2. The van der Waals surface area contributed by atoms with E-state index in [1.54, 1.807) is 6.07 Å². The molecule has 2 aromatic carbocycles. The normalized spacial score (nSPS) is 13.4. The van der Waals surface area contributed by atoms with Gasteiger partial charge in [-0.15, -0.1) is 0 Å². The second kappa shape index (κ2) is 5.21. The summed E-state index contributed by atoms with van der Waals surface area (Å²) in [6, 6.07) is 17.7. The summed E-state index contributed by atoms with van der Waals surface area (Å²) in [7, 11) is 0. The van der Waals surface area contributed by atoms with Gasteiger partial charge >= 0.3 is 0 Å². The number of pyridine rings is 1. The number of anilines is 1. The zero-order valence-electron chi connectivity index (χ0n) is 11.8. The van der Waals surface area contributed by atoms with Crippen LogP contribution in [0.2, 0.25) is 0 Å². The second-order valence-corrected chi connectivity index (χ2v) is 6.28. The number of benzene rings is 2. The van der Waals surface area contributed by atoms with Crippen LogP contribution in [0.25, 0.3) is 10.9 Å². The molecule has 0 fully saturated rings. The lowest BCUT2D eigenvalue weighted by Gasteiger charge is -2.17. The molecule has 2 heterocycles. The number of aromatic nitrogens is 1. The molecular weight excluding hydrogens is 340 g/mol. The van der Waals surface area contributed by atoms with Crippen molar-refractivity contribution in [1.82, 2.24) is 4.98 Å². The van der Waals surface area contributed by atoms with Crippen LogP contribution in [0, 0.1) is 0 Å². The molecule has 0 saturated carbocycles. The summed E-state index contributed by atoms with van der Waals surface area (Å²) in [5, 5.41) is 1.05. The lowest BCUT2D eigenvalue weighted by Crippen LogP contribution is -2.29. The van der Waals surface area contributed by atoms with Crippen LogP contribution in [0.5, 0.6) is 0 Å². The Bertz CT molecular complexity index is 891. The van der Waals surface area contributed by atoms with E-state index in [0.29, 0.717) is 12.2 Å². The first-order valence-electron chi connectivity index (χ1n) is 7.18. The van der Waals surface area contributed by atoms with Gasteiger partial charge in [-0.2, -0.15) is 0 Å². The molecule has 0 unspecified atom stereocenters. The van der Waals surface area contributed by atoms with Crippen LogP contribution in [-0.4, -0.2) is 17.4 Å². The maximum absolute atomic E-state index is 12.8.